The predicted octanol–water partition coefficient (Wildman–Crippen LogP) is 3.84. The third-order valence-corrected chi connectivity index (χ3v) is 2.97. The zero-order chi connectivity index (χ0) is 14.3. The van der Waals surface area contributed by atoms with E-state index in [2.05, 4.69) is 35.3 Å². The van der Waals surface area contributed by atoms with E-state index in [4.69, 9.17) is 0 Å². The lowest BCUT2D eigenvalue weighted by Crippen LogP contribution is -2.38. The Morgan fingerprint density at radius 3 is 2.33 bits per heavy atom. The second-order valence-electron chi connectivity index (χ2n) is 5.28. The minimum absolute atomic E-state index is 0.0727. The third-order valence-electron chi connectivity index (χ3n) is 2.53. The maximum atomic E-state index is 13.8. The SMILES string of the molecule is CC.CC(CNC(C)(C)C)c1cccc(P)c1F. The number of halogens is 1. The molecule has 0 aliphatic rings. The van der Waals surface area contributed by atoms with Crippen LogP contribution in [0.1, 0.15) is 53.0 Å². The molecule has 0 radical (unpaired) electrons. The lowest BCUT2D eigenvalue weighted by molar-refractivity contribution is 0.409. The molecule has 3 heteroatoms. The molecule has 1 rings (SSSR count). The zero-order valence-corrected chi connectivity index (χ0v) is 13.6. The molecule has 0 fully saturated rings. The minimum Gasteiger partial charge on any atom is -0.311 e. The molecule has 0 aliphatic heterocycles. The maximum absolute atomic E-state index is 13.8. The van der Waals surface area contributed by atoms with Crippen LogP contribution in [0.3, 0.4) is 0 Å². The van der Waals surface area contributed by atoms with Crippen molar-refractivity contribution >= 4 is 14.5 Å². The molecule has 0 saturated carbocycles. The van der Waals surface area contributed by atoms with Crippen molar-refractivity contribution in [1.29, 1.82) is 0 Å². The Labute approximate surface area is 114 Å². The van der Waals surface area contributed by atoms with Crippen LogP contribution in [0.25, 0.3) is 0 Å². The summed E-state index contributed by atoms with van der Waals surface area (Å²) in [5.41, 5.74) is 0.854. The van der Waals surface area contributed by atoms with Crippen molar-refractivity contribution in [3.8, 4) is 0 Å². The van der Waals surface area contributed by atoms with Crippen LogP contribution in [0.15, 0.2) is 18.2 Å². The van der Waals surface area contributed by atoms with Gasteiger partial charge in [0.05, 0.1) is 0 Å². The summed E-state index contributed by atoms with van der Waals surface area (Å²) < 4.78 is 13.8. The Morgan fingerprint density at radius 2 is 1.83 bits per heavy atom. The fourth-order valence-corrected chi connectivity index (χ4v) is 1.80. The molecule has 1 aromatic rings. The maximum Gasteiger partial charge on any atom is 0.133 e. The molecule has 0 bridgehead atoms. The van der Waals surface area contributed by atoms with Gasteiger partial charge in [-0.2, -0.15) is 0 Å². The molecule has 104 valence electrons. The van der Waals surface area contributed by atoms with E-state index in [1.54, 1.807) is 6.07 Å². The van der Waals surface area contributed by atoms with E-state index in [0.717, 1.165) is 12.1 Å². The highest BCUT2D eigenvalue weighted by atomic mass is 31.0. The van der Waals surface area contributed by atoms with Crippen LogP contribution in [0.5, 0.6) is 0 Å². The van der Waals surface area contributed by atoms with Crippen LogP contribution in [0.2, 0.25) is 0 Å². The quantitative estimate of drug-likeness (QED) is 0.824. The molecule has 0 amide bonds. The Bertz CT molecular complexity index is 358. The summed E-state index contributed by atoms with van der Waals surface area (Å²) in [6.07, 6.45) is 0. The highest BCUT2D eigenvalue weighted by Crippen LogP contribution is 2.18. The van der Waals surface area contributed by atoms with Gasteiger partial charge in [0.2, 0.25) is 0 Å². The van der Waals surface area contributed by atoms with Gasteiger partial charge >= 0.3 is 0 Å². The fraction of sp³-hybridized carbons (Fsp3) is 0.600. The summed E-state index contributed by atoms with van der Waals surface area (Å²) in [7, 11) is 2.43. The predicted molar refractivity (Wildman–Crippen MR) is 83.3 cm³/mol. The van der Waals surface area contributed by atoms with Crippen molar-refractivity contribution < 1.29 is 4.39 Å². The molecule has 0 saturated heterocycles. The van der Waals surface area contributed by atoms with Crippen molar-refractivity contribution in [2.24, 2.45) is 0 Å². The van der Waals surface area contributed by atoms with E-state index in [-0.39, 0.29) is 17.3 Å². The summed E-state index contributed by atoms with van der Waals surface area (Å²) in [4.78, 5) is 0. The first-order valence-corrected chi connectivity index (χ1v) is 7.18. The van der Waals surface area contributed by atoms with Crippen LogP contribution < -0.4 is 10.6 Å². The largest absolute Gasteiger partial charge is 0.311 e. The number of nitrogens with one attached hydrogen (secondary N) is 1. The molecular weight excluding hydrogens is 244 g/mol. The number of hydrogen-bond donors (Lipinski definition) is 1. The van der Waals surface area contributed by atoms with Gasteiger partial charge in [0.1, 0.15) is 5.82 Å². The topological polar surface area (TPSA) is 12.0 Å². The number of benzene rings is 1. The summed E-state index contributed by atoms with van der Waals surface area (Å²) in [6.45, 7) is 13.2. The van der Waals surface area contributed by atoms with Gasteiger partial charge in [-0.15, -0.1) is 9.24 Å². The summed E-state index contributed by atoms with van der Waals surface area (Å²) >= 11 is 0. The van der Waals surface area contributed by atoms with Crippen molar-refractivity contribution in [3.05, 3.63) is 29.6 Å². The van der Waals surface area contributed by atoms with E-state index in [1.807, 2.05) is 32.9 Å². The molecule has 1 nitrogen and oxygen atoms in total. The Morgan fingerprint density at radius 1 is 1.28 bits per heavy atom. The first kappa shape index (κ1) is 17.5. The molecule has 0 heterocycles. The van der Waals surface area contributed by atoms with Gasteiger partial charge in [-0.1, -0.05) is 39.0 Å². The van der Waals surface area contributed by atoms with E-state index >= 15 is 0 Å². The molecule has 0 aromatic heterocycles. The Kier molecular flexibility index (Phi) is 7.66. The zero-order valence-electron chi connectivity index (χ0n) is 12.5. The summed E-state index contributed by atoms with van der Waals surface area (Å²) in [5, 5.41) is 4.03. The van der Waals surface area contributed by atoms with Gasteiger partial charge in [-0.3, -0.25) is 0 Å². The molecule has 1 N–H and O–H groups in total. The summed E-state index contributed by atoms with van der Waals surface area (Å²) in [5.74, 6) is 0.0791. The van der Waals surface area contributed by atoms with E-state index in [1.165, 1.54) is 0 Å². The highest BCUT2D eigenvalue weighted by Gasteiger charge is 2.15. The van der Waals surface area contributed by atoms with E-state index < -0.39 is 0 Å². The van der Waals surface area contributed by atoms with E-state index in [9.17, 15) is 4.39 Å². The molecule has 0 spiro atoms. The lowest BCUT2D eigenvalue weighted by atomic mass is 9.99. The second kappa shape index (κ2) is 7.86. The van der Waals surface area contributed by atoms with Crippen molar-refractivity contribution in [2.75, 3.05) is 6.54 Å². The lowest BCUT2D eigenvalue weighted by Gasteiger charge is -2.24. The molecule has 0 aliphatic carbocycles. The van der Waals surface area contributed by atoms with Crippen molar-refractivity contribution in [2.45, 2.75) is 53.0 Å². The average Bonchev–Trinajstić information content (AvgIpc) is 2.31. The first-order chi connectivity index (χ1) is 8.31. The molecule has 18 heavy (non-hydrogen) atoms. The van der Waals surface area contributed by atoms with Crippen LogP contribution in [0, 0.1) is 5.82 Å². The molecule has 2 unspecified atom stereocenters. The molecule has 1 aromatic carbocycles. The van der Waals surface area contributed by atoms with Crippen LogP contribution >= 0.6 is 9.24 Å². The third kappa shape index (κ3) is 5.93. The monoisotopic (exact) mass is 271 g/mol. The number of rotatable bonds is 3. The number of hydrogen-bond acceptors (Lipinski definition) is 1. The first-order valence-electron chi connectivity index (χ1n) is 6.60. The second-order valence-corrected chi connectivity index (χ2v) is 5.90. The fourth-order valence-electron chi connectivity index (χ4n) is 1.52. The summed E-state index contributed by atoms with van der Waals surface area (Å²) in [6, 6.07) is 5.53. The van der Waals surface area contributed by atoms with Crippen molar-refractivity contribution in [1.82, 2.24) is 5.32 Å². The van der Waals surface area contributed by atoms with Crippen molar-refractivity contribution in [3.63, 3.8) is 0 Å². The smallest absolute Gasteiger partial charge is 0.133 e. The normalized spacial score (nSPS) is 12.7. The van der Waals surface area contributed by atoms with Gasteiger partial charge in [-0.25, -0.2) is 4.39 Å². The molecular formula is C15H27FNP. The molecule has 2 atom stereocenters. The van der Waals surface area contributed by atoms with Gasteiger partial charge < -0.3 is 5.32 Å². The average molecular weight is 271 g/mol. The van der Waals surface area contributed by atoms with Gasteiger partial charge in [0.25, 0.3) is 0 Å². The van der Waals surface area contributed by atoms with Gasteiger partial charge in [0, 0.05) is 17.4 Å². The highest BCUT2D eigenvalue weighted by molar-refractivity contribution is 7.27. The Hall–Kier alpha value is -0.460. The van der Waals surface area contributed by atoms with E-state index in [0.29, 0.717) is 5.30 Å². The van der Waals surface area contributed by atoms with Crippen LogP contribution in [-0.4, -0.2) is 12.1 Å². The Balaban J connectivity index is 0.00000137. The standard InChI is InChI=1S/C13H21FNP.C2H6/c1-9(8-15-13(2,3)4)10-6-5-7-11(16)12(10)14;1-2/h5-7,9,15H,8,16H2,1-4H3;1-2H3. The van der Waals surface area contributed by atoms with Gasteiger partial charge in [-0.05, 0) is 32.3 Å². The van der Waals surface area contributed by atoms with Crippen LogP contribution in [0.4, 0.5) is 4.39 Å². The van der Waals surface area contributed by atoms with Crippen LogP contribution in [-0.2, 0) is 0 Å². The minimum atomic E-state index is -0.101. The van der Waals surface area contributed by atoms with Gasteiger partial charge in [0.15, 0.2) is 0 Å².